The Bertz CT molecular complexity index is 515. The fraction of sp³-hybridized carbons (Fsp3) is 0.353. The molecule has 0 aliphatic rings. The topological polar surface area (TPSA) is 24.9 Å². The average molecular weight is 254 g/mol. The van der Waals surface area contributed by atoms with E-state index >= 15 is 0 Å². The van der Waals surface area contributed by atoms with Crippen LogP contribution in [0.15, 0.2) is 42.7 Å². The van der Waals surface area contributed by atoms with Gasteiger partial charge in [-0.1, -0.05) is 38.1 Å². The van der Waals surface area contributed by atoms with Crippen LogP contribution in [0.3, 0.4) is 0 Å². The van der Waals surface area contributed by atoms with Crippen LogP contribution in [0.25, 0.3) is 11.1 Å². The summed E-state index contributed by atoms with van der Waals surface area (Å²) in [6.07, 6.45) is 4.97. The molecule has 0 spiro atoms. The minimum atomic E-state index is 0.700. The smallest absolute Gasteiger partial charge is 0.0346 e. The van der Waals surface area contributed by atoms with Gasteiger partial charge in [-0.2, -0.15) is 0 Å². The van der Waals surface area contributed by atoms with Crippen molar-refractivity contribution in [2.45, 2.75) is 26.8 Å². The molecule has 1 N–H and O–H groups in total. The summed E-state index contributed by atoms with van der Waals surface area (Å²) in [6.45, 7) is 5.35. The van der Waals surface area contributed by atoms with Gasteiger partial charge in [-0.3, -0.25) is 4.98 Å². The molecule has 0 aliphatic carbocycles. The first-order valence-electron chi connectivity index (χ1n) is 6.87. The summed E-state index contributed by atoms with van der Waals surface area (Å²) in [5, 5.41) is 3.15. The van der Waals surface area contributed by atoms with Gasteiger partial charge in [-0.25, -0.2) is 0 Å². The quantitative estimate of drug-likeness (QED) is 0.880. The zero-order valence-corrected chi connectivity index (χ0v) is 12.0. The summed E-state index contributed by atoms with van der Waals surface area (Å²) in [5.41, 5.74) is 5.03. The number of hydrogen-bond acceptors (Lipinski definition) is 2. The largest absolute Gasteiger partial charge is 0.316 e. The molecule has 0 radical (unpaired) electrons. The molecular weight excluding hydrogens is 232 g/mol. The van der Waals surface area contributed by atoms with E-state index in [2.05, 4.69) is 54.5 Å². The van der Waals surface area contributed by atoms with Crippen molar-refractivity contribution in [3.05, 3.63) is 53.9 Å². The van der Waals surface area contributed by atoms with Gasteiger partial charge in [0.05, 0.1) is 0 Å². The maximum atomic E-state index is 4.31. The third-order valence-electron chi connectivity index (χ3n) is 3.11. The normalized spacial score (nSPS) is 10.9. The molecule has 0 unspecified atom stereocenters. The van der Waals surface area contributed by atoms with Crippen molar-refractivity contribution in [2.75, 3.05) is 7.05 Å². The number of aromatic nitrogens is 1. The highest BCUT2D eigenvalue weighted by Gasteiger charge is 2.02. The molecule has 2 nitrogen and oxygen atoms in total. The van der Waals surface area contributed by atoms with Gasteiger partial charge < -0.3 is 5.32 Å². The van der Waals surface area contributed by atoms with Gasteiger partial charge in [-0.05, 0) is 42.1 Å². The third kappa shape index (κ3) is 3.90. The van der Waals surface area contributed by atoms with E-state index in [-0.39, 0.29) is 0 Å². The average Bonchev–Trinajstić information content (AvgIpc) is 2.40. The van der Waals surface area contributed by atoms with E-state index in [1.54, 1.807) is 0 Å². The van der Waals surface area contributed by atoms with Crippen molar-refractivity contribution < 1.29 is 0 Å². The molecule has 2 heteroatoms. The minimum Gasteiger partial charge on any atom is -0.316 e. The number of hydrogen-bond donors (Lipinski definition) is 1. The lowest BCUT2D eigenvalue weighted by atomic mass is 9.99. The van der Waals surface area contributed by atoms with Gasteiger partial charge in [0.1, 0.15) is 0 Å². The Morgan fingerprint density at radius 1 is 1.00 bits per heavy atom. The SMILES string of the molecule is CNCc1cncc(-c2ccc(CC(C)C)cc2)c1. The molecule has 0 amide bonds. The van der Waals surface area contributed by atoms with Crippen LogP contribution in [-0.2, 0) is 13.0 Å². The van der Waals surface area contributed by atoms with E-state index in [9.17, 15) is 0 Å². The number of pyridine rings is 1. The predicted octanol–water partition coefficient (Wildman–Crippen LogP) is 3.67. The molecule has 2 aromatic rings. The van der Waals surface area contributed by atoms with Gasteiger partial charge in [-0.15, -0.1) is 0 Å². The zero-order valence-electron chi connectivity index (χ0n) is 12.0. The summed E-state index contributed by atoms with van der Waals surface area (Å²) < 4.78 is 0. The zero-order chi connectivity index (χ0) is 13.7. The fourth-order valence-corrected chi connectivity index (χ4v) is 2.25. The summed E-state index contributed by atoms with van der Waals surface area (Å²) in [5.74, 6) is 0.700. The minimum absolute atomic E-state index is 0.700. The van der Waals surface area contributed by atoms with Crippen molar-refractivity contribution >= 4 is 0 Å². The van der Waals surface area contributed by atoms with E-state index in [0.29, 0.717) is 5.92 Å². The third-order valence-corrected chi connectivity index (χ3v) is 3.11. The lowest BCUT2D eigenvalue weighted by molar-refractivity contribution is 0.647. The highest BCUT2D eigenvalue weighted by molar-refractivity contribution is 5.63. The van der Waals surface area contributed by atoms with Crippen molar-refractivity contribution in [1.82, 2.24) is 10.3 Å². The highest BCUT2D eigenvalue weighted by atomic mass is 14.8. The Balaban J connectivity index is 2.19. The summed E-state index contributed by atoms with van der Waals surface area (Å²) in [4.78, 5) is 4.31. The van der Waals surface area contributed by atoms with Gasteiger partial charge in [0.15, 0.2) is 0 Å². The van der Waals surface area contributed by atoms with E-state index in [4.69, 9.17) is 0 Å². The molecule has 0 saturated heterocycles. The van der Waals surface area contributed by atoms with E-state index in [1.807, 2.05) is 19.4 Å². The molecule has 0 atom stereocenters. The Labute approximate surface area is 115 Å². The Morgan fingerprint density at radius 3 is 2.37 bits per heavy atom. The van der Waals surface area contributed by atoms with Crippen LogP contribution in [0.5, 0.6) is 0 Å². The van der Waals surface area contributed by atoms with Crippen LogP contribution in [0.1, 0.15) is 25.0 Å². The standard InChI is InChI=1S/C17H22N2/c1-13(2)8-14-4-6-16(7-5-14)17-9-15(10-18-3)11-19-12-17/h4-7,9,11-13,18H,8,10H2,1-3H3. The lowest BCUT2D eigenvalue weighted by Crippen LogP contribution is -2.05. The first-order chi connectivity index (χ1) is 9.19. The van der Waals surface area contributed by atoms with Crippen LogP contribution < -0.4 is 5.32 Å². The maximum Gasteiger partial charge on any atom is 0.0346 e. The van der Waals surface area contributed by atoms with Gasteiger partial charge in [0.25, 0.3) is 0 Å². The second-order valence-corrected chi connectivity index (χ2v) is 5.41. The molecule has 1 aromatic carbocycles. The van der Waals surface area contributed by atoms with E-state index < -0.39 is 0 Å². The van der Waals surface area contributed by atoms with E-state index in [0.717, 1.165) is 13.0 Å². The Hall–Kier alpha value is -1.67. The molecule has 0 fully saturated rings. The molecule has 0 saturated carbocycles. The molecule has 19 heavy (non-hydrogen) atoms. The van der Waals surface area contributed by atoms with Crippen LogP contribution in [0.2, 0.25) is 0 Å². The summed E-state index contributed by atoms with van der Waals surface area (Å²) in [6, 6.07) is 11.0. The first-order valence-corrected chi connectivity index (χ1v) is 6.87. The number of nitrogens with zero attached hydrogens (tertiary/aromatic N) is 1. The second kappa shape index (κ2) is 6.48. The number of nitrogens with one attached hydrogen (secondary N) is 1. The number of benzene rings is 1. The van der Waals surface area contributed by atoms with Gasteiger partial charge >= 0.3 is 0 Å². The first kappa shape index (κ1) is 13.8. The molecule has 2 rings (SSSR count). The van der Waals surface area contributed by atoms with Crippen molar-refractivity contribution in [2.24, 2.45) is 5.92 Å². The lowest BCUT2D eigenvalue weighted by Gasteiger charge is -2.07. The van der Waals surface area contributed by atoms with E-state index in [1.165, 1.54) is 22.3 Å². The Morgan fingerprint density at radius 2 is 1.74 bits per heavy atom. The second-order valence-electron chi connectivity index (χ2n) is 5.41. The van der Waals surface area contributed by atoms with Gasteiger partial charge in [0, 0.05) is 24.5 Å². The summed E-state index contributed by atoms with van der Waals surface area (Å²) in [7, 11) is 1.95. The predicted molar refractivity (Wildman–Crippen MR) is 81.0 cm³/mol. The molecule has 1 aromatic heterocycles. The monoisotopic (exact) mass is 254 g/mol. The van der Waals surface area contributed by atoms with Crippen LogP contribution in [0.4, 0.5) is 0 Å². The van der Waals surface area contributed by atoms with Gasteiger partial charge in [0.2, 0.25) is 0 Å². The fourth-order valence-electron chi connectivity index (χ4n) is 2.25. The highest BCUT2D eigenvalue weighted by Crippen LogP contribution is 2.21. The van der Waals surface area contributed by atoms with Crippen molar-refractivity contribution in [3.63, 3.8) is 0 Å². The molecular formula is C17H22N2. The Kier molecular flexibility index (Phi) is 4.69. The molecule has 100 valence electrons. The molecule has 1 heterocycles. The molecule has 0 bridgehead atoms. The summed E-state index contributed by atoms with van der Waals surface area (Å²) >= 11 is 0. The van der Waals surface area contributed by atoms with Crippen LogP contribution in [0, 0.1) is 5.92 Å². The van der Waals surface area contributed by atoms with Crippen LogP contribution >= 0.6 is 0 Å². The maximum absolute atomic E-state index is 4.31. The number of rotatable bonds is 5. The molecule has 0 aliphatic heterocycles. The van der Waals surface area contributed by atoms with Crippen LogP contribution in [-0.4, -0.2) is 12.0 Å². The van der Waals surface area contributed by atoms with Crippen molar-refractivity contribution in [3.8, 4) is 11.1 Å². The van der Waals surface area contributed by atoms with Crippen molar-refractivity contribution in [1.29, 1.82) is 0 Å².